The van der Waals surface area contributed by atoms with E-state index in [4.69, 9.17) is 5.73 Å². The lowest BCUT2D eigenvalue weighted by molar-refractivity contribution is -0.132. The first-order valence-corrected chi connectivity index (χ1v) is 8.25. The van der Waals surface area contributed by atoms with Gasteiger partial charge in [-0.2, -0.15) is 0 Å². The van der Waals surface area contributed by atoms with Crippen molar-refractivity contribution in [3.05, 3.63) is 0 Å². The van der Waals surface area contributed by atoms with Crippen molar-refractivity contribution < 1.29 is 4.79 Å². The summed E-state index contributed by atoms with van der Waals surface area (Å²) in [6, 6.07) is 0. The molecule has 2 aliphatic carbocycles. The standard InChI is InChI=1S/C16H30N2O/c17-13-16(10-5-2-6-11-16)15(19)18-12-9-14-7-3-1-4-8-14/h14H,1-13,17H2,(H,18,19). The molecule has 0 unspecified atom stereocenters. The largest absolute Gasteiger partial charge is 0.356 e. The van der Waals surface area contributed by atoms with Crippen LogP contribution in [0.2, 0.25) is 0 Å². The number of carbonyl (C=O) groups excluding carboxylic acids is 1. The fraction of sp³-hybridized carbons (Fsp3) is 0.938. The molecule has 0 radical (unpaired) electrons. The van der Waals surface area contributed by atoms with Crippen LogP contribution in [0.15, 0.2) is 0 Å². The number of nitrogens with one attached hydrogen (secondary N) is 1. The molecule has 3 nitrogen and oxygen atoms in total. The van der Waals surface area contributed by atoms with Crippen LogP contribution in [0.5, 0.6) is 0 Å². The average molecular weight is 266 g/mol. The van der Waals surface area contributed by atoms with Gasteiger partial charge in [0.25, 0.3) is 0 Å². The number of amides is 1. The van der Waals surface area contributed by atoms with Gasteiger partial charge in [0.15, 0.2) is 0 Å². The minimum atomic E-state index is -0.245. The summed E-state index contributed by atoms with van der Waals surface area (Å²) < 4.78 is 0. The van der Waals surface area contributed by atoms with Crippen LogP contribution in [-0.2, 0) is 4.79 Å². The Bertz CT molecular complexity index is 278. The van der Waals surface area contributed by atoms with E-state index in [9.17, 15) is 4.79 Å². The molecule has 0 heterocycles. The van der Waals surface area contributed by atoms with Crippen LogP contribution in [0.1, 0.15) is 70.6 Å². The summed E-state index contributed by atoms with van der Waals surface area (Å²) >= 11 is 0. The van der Waals surface area contributed by atoms with E-state index in [1.165, 1.54) is 38.5 Å². The first kappa shape index (κ1) is 14.8. The Morgan fingerprint density at radius 2 is 1.68 bits per heavy atom. The minimum Gasteiger partial charge on any atom is -0.356 e. The lowest BCUT2D eigenvalue weighted by Gasteiger charge is -2.34. The zero-order valence-electron chi connectivity index (χ0n) is 12.3. The van der Waals surface area contributed by atoms with Crippen molar-refractivity contribution in [1.82, 2.24) is 5.32 Å². The van der Waals surface area contributed by atoms with E-state index in [2.05, 4.69) is 5.32 Å². The Balaban J connectivity index is 1.73. The number of hydrogen-bond acceptors (Lipinski definition) is 2. The molecule has 0 aromatic heterocycles. The fourth-order valence-electron chi connectivity index (χ4n) is 3.81. The van der Waals surface area contributed by atoms with Crippen molar-refractivity contribution >= 4 is 5.91 Å². The molecule has 19 heavy (non-hydrogen) atoms. The van der Waals surface area contributed by atoms with Crippen LogP contribution < -0.4 is 11.1 Å². The molecule has 3 N–H and O–H groups in total. The van der Waals surface area contributed by atoms with Gasteiger partial charge >= 0.3 is 0 Å². The quantitative estimate of drug-likeness (QED) is 0.803. The summed E-state index contributed by atoms with van der Waals surface area (Å²) in [5, 5.41) is 3.17. The molecule has 2 aliphatic rings. The van der Waals surface area contributed by atoms with Gasteiger partial charge in [0.1, 0.15) is 0 Å². The van der Waals surface area contributed by atoms with Crippen molar-refractivity contribution in [2.24, 2.45) is 17.1 Å². The Kier molecular flexibility index (Phi) is 5.68. The number of rotatable bonds is 5. The third-order valence-corrected chi connectivity index (χ3v) is 5.25. The second-order valence-electron chi connectivity index (χ2n) is 6.59. The van der Waals surface area contributed by atoms with Crippen LogP contribution in [-0.4, -0.2) is 19.0 Å². The lowest BCUT2D eigenvalue weighted by Crippen LogP contribution is -2.47. The monoisotopic (exact) mass is 266 g/mol. The van der Waals surface area contributed by atoms with Gasteiger partial charge in [0.2, 0.25) is 5.91 Å². The van der Waals surface area contributed by atoms with Gasteiger partial charge in [-0.1, -0.05) is 51.4 Å². The maximum absolute atomic E-state index is 12.4. The molecule has 0 aromatic carbocycles. The Labute approximate surface area is 117 Å². The van der Waals surface area contributed by atoms with Gasteiger partial charge < -0.3 is 11.1 Å². The second-order valence-corrected chi connectivity index (χ2v) is 6.59. The van der Waals surface area contributed by atoms with Crippen molar-refractivity contribution in [2.45, 2.75) is 70.6 Å². The van der Waals surface area contributed by atoms with Crippen molar-refractivity contribution in [2.75, 3.05) is 13.1 Å². The minimum absolute atomic E-state index is 0.227. The molecule has 0 spiro atoms. The van der Waals surface area contributed by atoms with Crippen molar-refractivity contribution in [1.29, 1.82) is 0 Å². The highest BCUT2D eigenvalue weighted by Gasteiger charge is 2.37. The van der Waals surface area contributed by atoms with Crippen molar-refractivity contribution in [3.63, 3.8) is 0 Å². The van der Waals surface area contributed by atoms with E-state index in [-0.39, 0.29) is 11.3 Å². The zero-order chi connectivity index (χ0) is 13.6. The first-order chi connectivity index (χ1) is 9.27. The van der Waals surface area contributed by atoms with Crippen molar-refractivity contribution in [3.8, 4) is 0 Å². The van der Waals surface area contributed by atoms with E-state index in [1.54, 1.807) is 0 Å². The van der Waals surface area contributed by atoms with Crippen LogP contribution in [0, 0.1) is 11.3 Å². The molecule has 0 bridgehead atoms. The smallest absolute Gasteiger partial charge is 0.227 e. The topological polar surface area (TPSA) is 55.1 Å². The van der Waals surface area contributed by atoms with Crippen LogP contribution in [0.3, 0.4) is 0 Å². The molecular weight excluding hydrogens is 236 g/mol. The Hall–Kier alpha value is -0.570. The van der Waals surface area contributed by atoms with E-state index in [1.807, 2.05) is 0 Å². The number of nitrogens with two attached hydrogens (primary N) is 1. The maximum atomic E-state index is 12.4. The highest BCUT2D eigenvalue weighted by molar-refractivity contribution is 5.82. The summed E-state index contributed by atoms with van der Waals surface area (Å²) in [6.45, 7) is 1.37. The summed E-state index contributed by atoms with van der Waals surface area (Å²) in [5.41, 5.74) is 5.65. The van der Waals surface area contributed by atoms with Gasteiger partial charge in [-0.05, 0) is 25.2 Å². The molecule has 0 aromatic rings. The highest BCUT2D eigenvalue weighted by atomic mass is 16.2. The third kappa shape index (κ3) is 3.95. The molecule has 0 atom stereocenters. The van der Waals surface area contributed by atoms with Gasteiger partial charge in [0.05, 0.1) is 5.41 Å². The highest BCUT2D eigenvalue weighted by Crippen LogP contribution is 2.35. The summed E-state index contributed by atoms with van der Waals surface area (Å²) in [4.78, 5) is 12.4. The first-order valence-electron chi connectivity index (χ1n) is 8.25. The SMILES string of the molecule is NCC1(C(=O)NCCC2CCCCC2)CCCCC1. The van der Waals surface area contributed by atoms with Gasteiger partial charge in [0, 0.05) is 13.1 Å². The van der Waals surface area contributed by atoms with E-state index in [0.717, 1.165) is 44.6 Å². The summed E-state index contributed by atoms with van der Waals surface area (Å²) in [7, 11) is 0. The molecule has 110 valence electrons. The molecule has 1 amide bonds. The normalized spacial score (nSPS) is 24.1. The van der Waals surface area contributed by atoms with Crippen LogP contribution in [0.25, 0.3) is 0 Å². The predicted octanol–water partition coefficient (Wildman–Crippen LogP) is 2.98. The van der Waals surface area contributed by atoms with Gasteiger partial charge in [-0.3, -0.25) is 4.79 Å². The van der Waals surface area contributed by atoms with Crippen LogP contribution >= 0.6 is 0 Å². The van der Waals surface area contributed by atoms with E-state index >= 15 is 0 Å². The second kappa shape index (κ2) is 7.28. The number of hydrogen-bond donors (Lipinski definition) is 2. The van der Waals surface area contributed by atoms with Gasteiger partial charge in [-0.15, -0.1) is 0 Å². The summed E-state index contributed by atoms with van der Waals surface area (Å²) in [5.74, 6) is 1.07. The van der Waals surface area contributed by atoms with E-state index < -0.39 is 0 Å². The Morgan fingerprint density at radius 3 is 2.32 bits per heavy atom. The van der Waals surface area contributed by atoms with Crippen LogP contribution in [0.4, 0.5) is 0 Å². The zero-order valence-corrected chi connectivity index (χ0v) is 12.3. The van der Waals surface area contributed by atoms with Gasteiger partial charge in [-0.25, -0.2) is 0 Å². The molecule has 2 saturated carbocycles. The van der Waals surface area contributed by atoms with E-state index in [0.29, 0.717) is 6.54 Å². The fourth-order valence-corrected chi connectivity index (χ4v) is 3.81. The average Bonchev–Trinajstić information content (AvgIpc) is 2.49. The summed E-state index contributed by atoms with van der Waals surface area (Å²) in [6.07, 6.45) is 13.6. The molecule has 2 rings (SSSR count). The molecule has 0 aliphatic heterocycles. The molecule has 0 saturated heterocycles. The molecule has 3 heteroatoms. The Morgan fingerprint density at radius 1 is 1.05 bits per heavy atom. The number of carbonyl (C=O) groups is 1. The predicted molar refractivity (Wildman–Crippen MR) is 78.8 cm³/mol. The lowest BCUT2D eigenvalue weighted by atomic mass is 9.73. The molecule has 2 fully saturated rings. The maximum Gasteiger partial charge on any atom is 0.227 e. The molecular formula is C16H30N2O. The third-order valence-electron chi connectivity index (χ3n) is 5.25.